The average Bonchev–Trinajstić information content (AvgIpc) is 2.58. The maximum absolute atomic E-state index is 13.0. The van der Waals surface area contributed by atoms with E-state index in [1.165, 1.54) is 6.42 Å². The summed E-state index contributed by atoms with van der Waals surface area (Å²) in [6.45, 7) is 2.05. The van der Waals surface area contributed by atoms with E-state index in [9.17, 15) is 4.79 Å². The van der Waals surface area contributed by atoms with Crippen LogP contribution in [0.25, 0.3) is 0 Å². The first-order valence-electron chi connectivity index (χ1n) is 8.66. The van der Waals surface area contributed by atoms with Crippen LogP contribution in [0.2, 0.25) is 0 Å². The summed E-state index contributed by atoms with van der Waals surface area (Å²) in [5.74, 6) is 0.0213. The highest BCUT2D eigenvalue weighted by Crippen LogP contribution is 2.41. The average molecular weight is 301 g/mol. The Balaban J connectivity index is 1.76. The lowest BCUT2D eigenvalue weighted by molar-refractivity contribution is -0.160. The third kappa shape index (κ3) is 3.19. The fraction of sp³-hybridized carbons (Fsp3) is 0.632. The van der Waals surface area contributed by atoms with Gasteiger partial charge in [-0.2, -0.15) is 0 Å². The van der Waals surface area contributed by atoms with E-state index >= 15 is 0 Å². The molecule has 0 amide bonds. The van der Waals surface area contributed by atoms with Crippen molar-refractivity contribution >= 4 is 5.97 Å². The second-order valence-electron chi connectivity index (χ2n) is 6.92. The number of esters is 1. The van der Waals surface area contributed by atoms with Crippen LogP contribution in [-0.4, -0.2) is 37.1 Å². The quantitative estimate of drug-likeness (QED) is 0.800. The highest BCUT2D eigenvalue weighted by molar-refractivity contribution is 5.83. The van der Waals surface area contributed by atoms with E-state index in [2.05, 4.69) is 24.1 Å². The number of ether oxygens (including phenoxy) is 1. The van der Waals surface area contributed by atoms with Gasteiger partial charge < -0.3 is 9.64 Å². The molecule has 0 aromatic heterocycles. The van der Waals surface area contributed by atoms with E-state index < -0.39 is 5.41 Å². The number of carbonyl (C=O) groups is 1. The van der Waals surface area contributed by atoms with E-state index in [-0.39, 0.29) is 12.1 Å². The van der Waals surface area contributed by atoms with Gasteiger partial charge in [-0.15, -0.1) is 0 Å². The number of rotatable bonds is 3. The zero-order valence-corrected chi connectivity index (χ0v) is 13.6. The molecule has 1 saturated carbocycles. The molecule has 0 bridgehead atoms. The first kappa shape index (κ1) is 15.5. The van der Waals surface area contributed by atoms with Crippen LogP contribution >= 0.6 is 0 Å². The van der Waals surface area contributed by atoms with Crippen molar-refractivity contribution in [3.05, 3.63) is 35.9 Å². The van der Waals surface area contributed by atoms with Gasteiger partial charge in [0.15, 0.2) is 0 Å². The van der Waals surface area contributed by atoms with Gasteiger partial charge in [0.05, 0.1) is 5.41 Å². The molecule has 0 N–H and O–H groups in total. The summed E-state index contributed by atoms with van der Waals surface area (Å²) in [5.41, 5.74) is 0.746. The second-order valence-corrected chi connectivity index (χ2v) is 6.92. The largest absolute Gasteiger partial charge is 0.462 e. The molecule has 0 radical (unpaired) electrons. The summed E-state index contributed by atoms with van der Waals surface area (Å²) in [4.78, 5) is 15.3. The number of likely N-dealkylation sites (tertiary alicyclic amines) is 1. The Hall–Kier alpha value is -1.35. The lowest BCUT2D eigenvalue weighted by atomic mass is 9.69. The lowest BCUT2D eigenvalue weighted by Crippen LogP contribution is -2.43. The molecule has 3 nitrogen and oxygen atoms in total. The molecule has 1 heterocycles. The Kier molecular flexibility index (Phi) is 4.82. The van der Waals surface area contributed by atoms with E-state index in [0.29, 0.717) is 0 Å². The molecule has 2 fully saturated rings. The van der Waals surface area contributed by atoms with E-state index in [0.717, 1.165) is 57.2 Å². The molecule has 1 aliphatic carbocycles. The summed E-state index contributed by atoms with van der Waals surface area (Å²) in [6.07, 6.45) is 7.38. The van der Waals surface area contributed by atoms with Gasteiger partial charge in [0.1, 0.15) is 6.10 Å². The van der Waals surface area contributed by atoms with Crippen LogP contribution in [0.15, 0.2) is 30.3 Å². The molecule has 22 heavy (non-hydrogen) atoms. The van der Waals surface area contributed by atoms with Crippen LogP contribution < -0.4 is 0 Å². The topological polar surface area (TPSA) is 29.5 Å². The highest BCUT2D eigenvalue weighted by Gasteiger charge is 2.43. The zero-order valence-electron chi connectivity index (χ0n) is 13.6. The first-order valence-corrected chi connectivity index (χ1v) is 8.66. The summed E-state index contributed by atoms with van der Waals surface area (Å²) >= 11 is 0. The molecule has 2 aliphatic rings. The molecule has 3 rings (SSSR count). The number of hydrogen-bond acceptors (Lipinski definition) is 3. The maximum atomic E-state index is 13.0. The maximum Gasteiger partial charge on any atom is 0.316 e. The van der Waals surface area contributed by atoms with Crippen LogP contribution in [0.4, 0.5) is 0 Å². The Morgan fingerprint density at radius 3 is 2.36 bits per heavy atom. The van der Waals surface area contributed by atoms with Crippen LogP contribution in [-0.2, 0) is 14.9 Å². The summed E-state index contributed by atoms with van der Waals surface area (Å²) in [5, 5.41) is 0. The monoisotopic (exact) mass is 301 g/mol. The van der Waals surface area contributed by atoms with Crippen LogP contribution in [0.5, 0.6) is 0 Å². The van der Waals surface area contributed by atoms with Crippen molar-refractivity contribution in [2.45, 2.75) is 56.5 Å². The van der Waals surface area contributed by atoms with Gasteiger partial charge in [-0.3, -0.25) is 4.79 Å². The van der Waals surface area contributed by atoms with Crippen molar-refractivity contribution in [3.63, 3.8) is 0 Å². The van der Waals surface area contributed by atoms with Crippen LogP contribution in [0.3, 0.4) is 0 Å². The molecule has 120 valence electrons. The predicted molar refractivity (Wildman–Crippen MR) is 87.8 cm³/mol. The number of hydrogen-bond donors (Lipinski definition) is 0. The van der Waals surface area contributed by atoms with Crippen molar-refractivity contribution < 1.29 is 9.53 Å². The molecule has 0 spiro atoms. The van der Waals surface area contributed by atoms with Crippen LogP contribution in [0.1, 0.15) is 50.5 Å². The predicted octanol–water partition coefficient (Wildman–Crippen LogP) is 3.53. The Morgan fingerprint density at radius 2 is 1.73 bits per heavy atom. The normalized spacial score (nSPS) is 23.1. The highest BCUT2D eigenvalue weighted by atomic mass is 16.5. The molecular formula is C19H27NO2. The van der Waals surface area contributed by atoms with Crippen LogP contribution in [0, 0.1) is 0 Å². The first-order chi connectivity index (χ1) is 10.7. The van der Waals surface area contributed by atoms with Crippen molar-refractivity contribution in [1.29, 1.82) is 0 Å². The Bertz CT molecular complexity index is 485. The smallest absolute Gasteiger partial charge is 0.316 e. The second kappa shape index (κ2) is 6.82. The molecular weight excluding hydrogens is 274 g/mol. The minimum Gasteiger partial charge on any atom is -0.462 e. The van der Waals surface area contributed by atoms with E-state index in [4.69, 9.17) is 4.74 Å². The minimum atomic E-state index is -0.400. The fourth-order valence-electron chi connectivity index (χ4n) is 3.89. The number of piperidine rings is 1. The molecule has 1 aromatic carbocycles. The zero-order chi connectivity index (χ0) is 15.4. The molecule has 1 aliphatic heterocycles. The summed E-state index contributed by atoms with van der Waals surface area (Å²) < 4.78 is 5.97. The fourth-order valence-corrected chi connectivity index (χ4v) is 3.89. The third-order valence-corrected chi connectivity index (χ3v) is 5.36. The van der Waals surface area contributed by atoms with E-state index in [1.54, 1.807) is 0 Å². The van der Waals surface area contributed by atoms with Gasteiger partial charge in [0.2, 0.25) is 0 Å². The van der Waals surface area contributed by atoms with Gasteiger partial charge in [0, 0.05) is 13.1 Å². The number of carbonyl (C=O) groups excluding carboxylic acids is 1. The van der Waals surface area contributed by atoms with Gasteiger partial charge in [-0.25, -0.2) is 0 Å². The van der Waals surface area contributed by atoms with Gasteiger partial charge in [0.25, 0.3) is 0 Å². The number of nitrogens with zero attached hydrogens (tertiary/aromatic N) is 1. The molecule has 0 atom stereocenters. The van der Waals surface area contributed by atoms with Gasteiger partial charge in [-0.1, -0.05) is 49.6 Å². The molecule has 3 heteroatoms. The SMILES string of the molecule is CN1CCC(OC(=O)C2(c3ccccc3)CCCCC2)CC1. The van der Waals surface area contributed by atoms with E-state index in [1.807, 2.05) is 18.2 Å². The number of benzene rings is 1. The van der Waals surface area contributed by atoms with Crippen molar-refractivity contribution in [2.24, 2.45) is 0 Å². The Morgan fingerprint density at radius 1 is 1.09 bits per heavy atom. The summed E-state index contributed by atoms with van der Waals surface area (Å²) in [7, 11) is 2.13. The Labute approximate surface area is 133 Å². The van der Waals surface area contributed by atoms with Gasteiger partial charge >= 0.3 is 5.97 Å². The third-order valence-electron chi connectivity index (χ3n) is 5.36. The molecule has 1 saturated heterocycles. The molecule has 1 aromatic rings. The van der Waals surface area contributed by atoms with Crippen molar-refractivity contribution in [1.82, 2.24) is 4.90 Å². The van der Waals surface area contributed by atoms with Crippen molar-refractivity contribution in [2.75, 3.05) is 20.1 Å². The molecule has 0 unspecified atom stereocenters. The van der Waals surface area contributed by atoms with Crippen molar-refractivity contribution in [3.8, 4) is 0 Å². The summed E-state index contributed by atoms with van der Waals surface area (Å²) in [6, 6.07) is 10.3. The lowest BCUT2D eigenvalue weighted by Gasteiger charge is -2.38. The standard InChI is InChI=1S/C19H27NO2/c1-20-14-10-17(11-15-20)22-18(21)19(12-6-3-7-13-19)16-8-4-2-5-9-16/h2,4-5,8-9,17H,3,6-7,10-15H2,1H3. The minimum absolute atomic E-state index is 0.0213. The van der Waals surface area contributed by atoms with Gasteiger partial charge in [-0.05, 0) is 38.3 Å².